The average Bonchev–Trinajstić information content (AvgIpc) is 2.95. The lowest BCUT2D eigenvalue weighted by atomic mass is 9.98. The molecule has 1 aromatic heterocycles. The van der Waals surface area contributed by atoms with Crippen molar-refractivity contribution in [2.45, 2.75) is 31.2 Å². The molecule has 1 aliphatic carbocycles. The van der Waals surface area contributed by atoms with Gasteiger partial charge in [0.25, 0.3) is 0 Å². The van der Waals surface area contributed by atoms with E-state index in [9.17, 15) is 0 Å². The normalized spacial score (nSPS) is 19.5. The molecule has 1 atom stereocenters. The number of aliphatic hydroxyl groups excluding tert-OH is 1. The predicted octanol–water partition coefficient (Wildman–Crippen LogP) is 1.61. The minimum Gasteiger partial charge on any atom is -0.394 e. The van der Waals surface area contributed by atoms with Crippen molar-refractivity contribution in [3.63, 3.8) is 0 Å². The minimum atomic E-state index is -0.428. The highest BCUT2D eigenvalue weighted by Gasteiger charge is 2.39. The molecule has 0 saturated heterocycles. The number of fused-ring (bicyclic) bond motifs is 1. The zero-order chi connectivity index (χ0) is 12.0. The lowest BCUT2D eigenvalue weighted by molar-refractivity contribution is 0.264. The summed E-state index contributed by atoms with van der Waals surface area (Å²) in [6, 6.07) is 5.90. The summed E-state index contributed by atoms with van der Waals surface area (Å²) >= 11 is 0. The first-order valence-electron chi connectivity index (χ1n) is 5.99. The molecule has 3 rings (SSSR count). The van der Waals surface area contributed by atoms with E-state index in [1.165, 1.54) is 18.4 Å². The van der Waals surface area contributed by atoms with Crippen LogP contribution in [-0.2, 0) is 5.41 Å². The smallest absolute Gasteiger partial charge is 0.126 e. The van der Waals surface area contributed by atoms with Crippen molar-refractivity contribution in [2.75, 3.05) is 6.61 Å². The van der Waals surface area contributed by atoms with Gasteiger partial charge in [0, 0.05) is 0 Å². The molecule has 0 unspecified atom stereocenters. The number of nitrogens with two attached hydrogens (primary N) is 1. The molecule has 0 amide bonds. The maximum atomic E-state index is 9.02. The molecule has 0 aliphatic heterocycles. The molecule has 4 N–H and O–H groups in total. The quantitative estimate of drug-likeness (QED) is 0.751. The summed E-state index contributed by atoms with van der Waals surface area (Å²) in [5.41, 5.74) is 9.39. The van der Waals surface area contributed by atoms with E-state index in [-0.39, 0.29) is 6.61 Å². The number of imidazole rings is 1. The molecule has 0 bridgehead atoms. The lowest BCUT2D eigenvalue weighted by Crippen LogP contribution is -2.15. The SMILES string of the molecule is CC1(c2ccc3nc([C@@H](N)CO)[nH]c3c2)CC1. The van der Waals surface area contributed by atoms with Gasteiger partial charge in [-0.15, -0.1) is 0 Å². The molecule has 2 aromatic rings. The second kappa shape index (κ2) is 3.55. The number of nitrogens with zero attached hydrogens (tertiary/aromatic N) is 1. The number of hydrogen-bond donors (Lipinski definition) is 3. The van der Waals surface area contributed by atoms with Gasteiger partial charge in [0.05, 0.1) is 23.7 Å². The number of nitrogens with one attached hydrogen (secondary N) is 1. The second-order valence-electron chi connectivity index (χ2n) is 5.20. The Morgan fingerprint density at radius 3 is 2.94 bits per heavy atom. The van der Waals surface area contributed by atoms with Gasteiger partial charge in [-0.3, -0.25) is 0 Å². The van der Waals surface area contributed by atoms with Gasteiger partial charge in [-0.25, -0.2) is 4.98 Å². The molecule has 1 aromatic carbocycles. The van der Waals surface area contributed by atoms with E-state index in [0.717, 1.165) is 11.0 Å². The molecule has 1 saturated carbocycles. The fourth-order valence-electron chi connectivity index (χ4n) is 2.14. The number of hydrogen-bond acceptors (Lipinski definition) is 3. The van der Waals surface area contributed by atoms with Gasteiger partial charge in [0.15, 0.2) is 0 Å². The van der Waals surface area contributed by atoms with Crippen LogP contribution in [0.25, 0.3) is 11.0 Å². The summed E-state index contributed by atoms with van der Waals surface area (Å²) in [7, 11) is 0. The number of benzene rings is 1. The highest BCUT2D eigenvalue weighted by atomic mass is 16.3. The van der Waals surface area contributed by atoms with Crippen LogP contribution in [0.15, 0.2) is 18.2 Å². The highest BCUT2D eigenvalue weighted by molar-refractivity contribution is 5.76. The summed E-state index contributed by atoms with van der Waals surface area (Å²) in [5, 5.41) is 9.02. The van der Waals surface area contributed by atoms with Crippen molar-refractivity contribution in [2.24, 2.45) is 5.73 Å². The maximum Gasteiger partial charge on any atom is 0.126 e. The first-order chi connectivity index (χ1) is 8.12. The monoisotopic (exact) mass is 231 g/mol. The standard InChI is InChI=1S/C13H17N3O/c1-13(4-5-13)8-2-3-10-11(6-8)16-12(15-10)9(14)7-17/h2-3,6,9,17H,4-5,7,14H2,1H3,(H,15,16)/t9-/m0/s1. The molecule has 17 heavy (non-hydrogen) atoms. The molecular formula is C13H17N3O. The third kappa shape index (κ3) is 1.73. The number of rotatable bonds is 3. The second-order valence-corrected chi connectivity index (χ2v) is 5.20. The largest absolute Gasteiger partial charge is 0.394 e. The fourth-order valence-corrected chi connectivity index (χ4v) is 2.14. The summed E-state index contributed by atoms with van der Waals surface area (Å²) in [6.07, 6.45) is 2.52. The molecule has 0 spiro atoms. The highest BCUT2D eigenvalue weighted by Crippen LogP contribution is 2.47. The Labute approximate surface area is 99.9 Å². The Balaban J connectivity index is 2.04. The van der Waals surface area contributed by atoms with Crippen LogP contribution in [0.2, 0.25) is 0 Å². The molecule has 1 heterocycles. The van der Waals surface area contributed by atoms with Gasteiger partial charge >= 0.3 is 0 Å². The van der Waals surface area contributed by atoms with Crippen molar-refractivity contribution in [3.8, 4) is 0 Å². The molecular weight excluding hydrogens is 214 g/mol. The van der Waals surface area contributed by atoms with Crippen molar-refractivity contribution in [3.05, 3.63) is 29.6 Å². The van der Waals surface area contributed by atoms with E-state index in [1.54, 1.807) is 0 Å². The molecule has 1 fully saturated rings. The Hall–Kier alpha value is -1.39. The van der Waals surface area contributed by atoms with Gasteiger partial charge in [0.2, 0.25) is 0 Å². The van der Waals surface area contributed by atoms with Gasteiger partial charge in [-0.05, 0) is 36.0 Å². The van der Waals surface area contributed by atoms with E-state index < -0.39 is 6.04 Å². The Bertz CT molecular complexity index is 557. The first-order valence-corrected chi connectivity index (χ1v) is 5.99. The Morgan fingerprint density at radius 2 is 2.29 bits per heavy atom. The Morgan fingerprint density at radius 1 is 1.53 bits per heavy atom. The van der Waals surface area contributed by atoms with E-state index >= 15 is 0 Å². The van der Waals surface area contributed by atoms with Crippen LogP contribution in [0.5, 0.6) is 0 Å². The van der Waals surface area contributed by atoms with Crippen molar-refractivity contribution in [1.29, 1.82) is 0 Å². The van der Waals surface area contributed by atoms with E-state index in [2.05, 4.69) is 29.0 Å². The minimum absolute atomic E-state index is 0.0929. The predicted molar refractivity (Wildman–Crippen MR) is 66.7 cm³/mol. The van der Waals surface area contributed by atoms with Gasteiger partial charge in [0.1, 0.15) is 5.82 Å². The van der Waals surface area contributed by atoms with Crippen molar-refractivity contribution >= 4 is 11.0 Å². The molecule has 4 nitrogen and oxygen atoms in total. The number of aliphatic hydroxyl groups is 1. The van der Waals surface area contributed by atoms with Gasteiger partial charge in [-0.1, -0.05) is 13.0 Å². The third-order valence-corrected chi connectivity index (χ3v) is 3.75. The third-order valence-electron chi connectivity index (χ3n) is 3.75. The number of aromatic nitrogens is 2. The van der Waals surface area contributed by atoms with E-state index in [4.69, 9.17) is 10.8 Å². The lowest BCUT2D eigenvalue weighted by Gasteiger charge is -2.07. The summed E-state index contributed by atoms with van der Waals surface area (Å²) in [6.45, 7) is 2.19. The van der Waals surface area contributed by atoms with Crippen molar-refractivity contribution < 1.29 is 5.11 Å². The molecule has 1 aliphatic rings. The van der Waals surface area contributed by atoms with Crippen LogP contribution in [-0.4, -0.2) is 21.7 Å². The molecule has 4 heteroatoms. The molecule has 0 radical (unpaired) electrons. The topological polar surface area (TPSA) is 74.9 Å². The summed E-state index contributed by atoms with van der Waals surface area (Å²) in [4.78, 5) is 7.58. The zero-order valence-corrected chi connectivity index (χ0v) is 9.90. The van der Waals surface area contributed by atoms with Crippen LogP contribution < -0.4 is 5.73 Å². The average molecular weight is 231 g/mol. The van der Waals surface area contributed by atoms with Gasteiger partial charge in [-0.2, -0.15) is 0 Å². The number of aromatic amines is 1. The molecule has 90 valence electrons. The van der Waals surface area contributed by atoms with Crippen LogP contribution in [0.3, 0.4) is 0 Å². The maximum absolute atomic E-state index is 9.02. The first kappa shape index (κ1) is 10.7. The van der Waals surface area contributed by atoms with Crippen LogP contribution in [0.1, 0.15) is 37.2 Å². The zero-order valence-electron chi connectivity index (χ0n) is 9.90. The summed E-state index contributed by atoms with van der Waals surface area (Å²) in [5.74, 6) is 0.653. The Kier molecular flexibility index (Phi) is 2.24. The van der Waals surface area contributed by atoms with E-state index in [0.29, 0.717) is 11.2 Å². The van der Waals surface area contributed by atoms with Crippen LogP contribution >= 0.6 is 0 Å². The van der Waals surface area contributed by atoms with E-state index in [1.807, 2.05) is 6.07 Å². The van der Waals surface area contributed by atoms with Crippen LogP contribution in [0.4, 0.5) is 0 Å². The number of H-pyrrole nitrogens is 1. The van der Waals surface area contributed by atoms with Gasteiger partial charge < -0.3 is 15.8 Å². The fraction of sp³-hybridized carbons (Fsp3) is 0.462. The summed E-state index contributed by atoms with van der Waals surface area (Å²) < 4.78 is 0. The van der Waals surface area contributed by atoms with Crippen LogP contribution in [0, 0.1) is 0 Å². The van der Waals surface area contributed by atoms with Crippen molar-refractivity contribution in [1.82, 2.24) is 9.97 Å².